The fourth-order valence-electron chi connectivity index (χ4n) is 1.90. The molecule has 1 unspecified atom stereocenters. The van der Waals surface area contributed by atoms with Crippen molar-refractivity contribution in [2.75, 3.05) is 12.4 Å². The Balaban J connectivity index is 2.16. The van der Waals surface area contributed by atoms with Crippen LogP contribution in [0.25, 0.3) is 0 Å². The molecule has 0 spiro atoms. The minimum Gasteiger partial charge on any atom is -0.380 e. The van der Waals surface area contributed by atoms with Crippen molar-refractivity contribution in [2.24, 2.45) is 0 Å². The summed E-state index contributed by atoms with van der Waals surface area (Å²) in [5.41, 5.74) is 2.93. The highest BCUT2D eigenvalue weighted by atomic mass is 79.9. The molecule has 20 heavy (non-hydrogen) atoms. The van der Waals surface area contributed by atoms with Gasteiger partial charge in [0.15, 0.2) is 0 Å². The quantitative estimate of drug-likeness (QED) is 0.890. The Labute approximate surface area is 127 Å². The van der Waals surface area contributed by atoms with E-state index in [9.17, 15) is 5.26 Å². The van der Waals surface area contributed by atoms with E-state index in [2.05, 4.69) is 27.3 Å². The lowest BCUT2D eigenvalue weighted by molar-refractivity contribution is 0.185. The number of hydrogen-bond donors (Lipinski definition) is 1. The lowest BCUT2D eigenvalue weighted by Gasteiger charge is -2.15. The maximum absolute atomic E-state index is 9.35. The largest absolute Gasteiger partial charge is 0.380 e. The first-order valence-corrected chi connectivity index (χ1v) is 7.02. The van der Waals surface area contributed by atoms with Gasteiger partial charge in [-0.15, -0.1) is 0 Å². The van der Waals surface area contributed by atoms with Gasteiger partial charge in [-0.05, 0) is 39.2 Å². The van der Waals surface area contributed by atoms with E-state index in [-0.39, 0.29) is 6.04 Å². The smallest absolute Gasteiger partial charge is 0.140 e. The third-order valence-corrected chi connectivity index (χ3v) is 3.62. The van der Waals surface area contributed by atoms with E-state index >= 15 is 0 Å². The molecule has 1 N–H and O–H groups in total. The summed E-state index contributed by atoms with van der Waals surface area (Å²) in [6.07, 6.45) is 0. The molecule has 0 saturated carbocycles. The van der Waals surface area contributed by atoms with Crippen LogP contribution in [-0.4, -0.2) is 7.11 Å². The molecule has 0 amide bonds. The number of nitrogens with one attached hydrogen (secondary N) is 1. The Bertz CT molecular complexity index is 605. The van der Waals surface area contributed by atoms with Crippen LogP contribution in [-0.2, 0) is 11.3 Å². The summed E-state index contributed by atoms with van der Waals surface area (Å²) in [7, 11) is 1.67. The van der Waals surface area contributed by atoms with Crippen LogP contribution in [0.15, 0.2) is 53.0 Å². The molecule has 0 aliphatic rings. The monoisotopic (exact) mass is 330 g/mol. The SMILES string of the molecule is COCc1ccc(C(C#N)Nc2ccccc2Br)cc1. The van der Waals surface area contributed by atoms with Crippen molar-refractivity contribution in [3.63, 3.8) is 0 Å². The van der Waals surface area contributed by atoms with Gasteiger partial charge in [0.05, 0.1) is 12.7 Å². The number of nitrogens with zero attached hydrogens (tertiary/aromatic N) is 1. The zero-order valence-corrected chi connectivity index (χ0v) is 12.7. The minimum atomic E-state index is -0.384. The number of halogens is 1. The Morgan fingerprint density at radius 1 is 1.20 bits per heavy atom. The lowest BCUT2D eigenvalue weighted by Crippen LogP contribution is -2.09. The van der Waals surface area contributed by atoms with Gasteiger partial charge >= 0.3 is 0 Å². The Morgan fingerprint density at radius 2 is 1.90 bits per heavy atom. The van der Waals surface area contributed by atoms with Gasteiger partial charge in [-0.3, -0.25) is 0 Å². The number of anilines is 1. The Morgan fingerprint density at radius 3 is 2.50 bits per heavy atom. The van der Waals surface area contributed by atoms with Crippen molar-refractivity contribution in [3.8, 4) is 6.07 Å². The number of ether oxygens (including phenoxy) is 1. The van der Waals surface area contributed by atoms with Gasteiger partial charge < -0.3 is 10.1 Å². The second-order valence-electron chi connectivity index (χ2n) is 4.36. The highest BCUT2D eigenvalue weighted by molar-refractivity contribution is 9.10. The molecule has 1 atom stereocenters. The highest BCUT2D eigenvalue weighted by Gasteiger charge is 2.11. The van der Waals surface area contributed by atoms with Crippen molar-refractivity contribution in [2.45, 2.75) is 12.6 Å². The first-order valence-electron chi connectivity index (χ1n) is 6.23. The molecule has 0 aliphatic carbocycles. The molecule has 3 nitrogen and oxygen atoms in total. The van der Waals surface area contributed by atoms with Crippen molar-refractivity contribution >= 4 is 21.6 Å². The average molecular weight is 331 g/mol. The van der Waals surface area contributed by atoms with Crippen LogP contribution < -0.4 is 5.32 Å². The van der Waals surface area contributed by atoms with Gasteiger partial charge in [0, 0.05) is 17.3 Å². The number of nitriles is 1. The maximum Gasteiger partial charge on any atom is 0.140 e. The summed E-state index contributed by atoms with van der Waals surface area (Å²) >= 11 is 3.47. The third kappa shape index (κ3) is 3.60. The molecule has 102 valence electrons. The molecule has 2 rings (SSSR count). The molecule has 0 aliphatic heterocycles. The van der Waals surface area contributed by atoms with E-state index in [0.717, 1.165) is 21.3 Å². The van der Waals surface area contributed by atoms with Crippen molar-refractivity contribution < 1.29 is 4.74 Å². The van der Waals surface area contributed by atoms with E-state index in [1.807, 2.05) is 48.5 Å². The van der Waals surface area contributed by atoms with Crippen LogP contribution in [0, 0.1) is 11.3 Å². The van der Waals surface area contributed by atoms with E-state index < -0.39 is 0 Å². The van der Waals surface area contributed by atoms with Crippen molar-refractivity contribution in [1.29, 1.82) is 5.26 Å². The van der Waals surface area contributed by atoms with Crippen LogP contribution in [0.3, 0.4) is 0 Å². The Hall–Kier alpha value is -1.83. The fourth-order valence-corrected chi connectivity index (χ4v) is 2.30. The lowest BCUT2D eigenvalue weighted by atomic mass is 10.1. The summed E-state index contributed by atoms with van der Waals surface area (Å²) in [4.78, 5) is 0. The second-order valence-corrected chi connectivity index (χ2v) is 5.22. The van der Waals surface area contributed by atoms with Crippen LogP contribution in [0.1, 0.15) is 17.2 Å². The molecule has 0 aromatic heterocycles. The van der Waals surface area contributed by atoms with E-state index in [4.69, 9.17) is 4.74 Å². The summed E-state index contributed by atoms with van der Waals surface area (Å²) < 4.78 is 6.02. The van der Waals surface area contributed by atoms with Gasteiger partial charge in [0.1, 0.15) is 6.04 Å². The number of methoxy groups -OCH3 is 1. The zero-order valence-electron chi connectivity index (χ0n) is 11.1. The molecule has 0 heterocycles. The van der Waals surface area contributed by atoms with Crippen molar-refractivity contribution in [1.82, 2.24) is 0 Å². The van der Waals surface area contributed by atoms with Crippen LogP contribution >= 0.6 is 15.9 Å². The number of hydrogen-bond acceptors (Lipinski definition) is 3. The van der Waals surface area contributed by atoms with Gasteiger partial charge in [-0.2, -0.15) is 5.26 Å². The molecular formula is C16H15BrN2O. The molecule has 2 aromatic rings. The third-order valence-electron chi connectivity index (χ3n) is 2.93. The van der Waals surface area contributed by atoms with Gasteiger partial charge in [0.2, 0.25) is 0 Å². The molecule has 2 aromatic carbocycles. The Kier molecular flexibility index (Phi) is 5.16. The molecule has 0 radical (unpaired) electrons. The van der Waals surface area contributed by atoms with Gasteiger partial charge in [-0.1, -0.05) is 36.4 Å². The standard InChI is InChI=1S/C16H15BrN2O/c1-20-11-12-6-8-13(9-7-12)16(10-18)19-15-5-3-2-4-14(15)17/h2-9,16,19H,11H2,1H3. The molecule has 0 fully saturated rings. The maximum atomic E-state index is 9.35. The van der Waals surface area contributed by atoms with Crippen LogP contribution in [0.4, 0.5) is 5.69 Å². The van der Waals surface area contributed by atoms with Crippen LogP contribution in [0.5, 0.6) is 0 Å². The molecule has 4 heteroatoms. The topological polar surface area (TPSA) is 45.0 Å². The van der Waals surface area contributed by atoms with Gasteiger partial charge in [0.25, 0.3) is 0 Å². The first kappa shape index (κ1) is 14.6. The van der Waals surface area contributed by atoms with E-state index in [1.54, 1.807) is 7.11 Å². The predicted octanol–water partition coefficient (Wildman–Crippen LogP) is 4.27. The number of rotatable bonds is 5. The zero-order chi connectivity index (χ0) is 14.4. The number of benzene rings is 2. The van der Waals surface area contributed by atoms with Crippen LogP contribution in [0.2, 0.25) is 0 Å². The summed E-state index contributed by atoms with van der Waals surface area (Å²) in [6, 6.07) is 17.5. The summed E-state index contributed by atoms with van der Waals surface area (Å²) in [5.74, 6) is 0. The average Bonchev–Trinajstić information content (AvgIpc) is 2.48. The van der Waals surface area contributed by atoms with E-state index in [1.165, 1.54) is 0 Å². The first-order chi connectivity index (χ1) is 9.74. The second kappa shape index (κ2) is 7.09. The molecule has 0 bridgehead atoms. The molecular weight excluding hydrogens is 316 g/mol. The molecule has 0 saturated heterocycles. The fraction of sp³-hybridized carbons (Fsp3) is 0.188. The number of para-hydroxylation sites is 1. The van der Waals surface area contributed by atoms with Gasteiger partial charge in [-0.25, -0.2) is 0 Å². The highest BCUT2D eigenvalue weighted by Crippen LogP contribution is 2.26. The normalized spacial score (nSPS) is 11.7. The summed E-state index contributed by atoms with van der Waals surface area (Å²) in [5, 5.41) is 12.6. The van der Waals surface area contributed by atoms with E-state index in [0.29, 0.717) is 6.61 Å². The predicted molar refractivity (Wildman–Crippen MR) is 83.3 cm³/mol. The van der Waals surface area contributed by atoms with Crippen molar-refractivity contribution in [3.05, 3.63) is 64.1 Å². The minimum absolute atomic E-state index is 0.384. The summed E-state index contributed by atoms with van der Waals surface area (Å²) in [6.45, 7) is 0.579.